The molecule has 56 valence electrons. The first-order chi connectivity index (χ1) is 4.70. The Morgan fingerprint density at radius 1 is 1.60 bits per heavy atom. The van der Waals surface area contributed by atoms with Crippen LogP contribution in [0.4, 0.5) is 0 Å². The maximum Gasteiger partial charge on any atom is 0.119 e. The van der Waals surface area contributed by atoms with Gasteiger partial charge in [-0.15, -0.1) is 0 Å². The number of nitrogens with two attached hydrogens (primary N) is 1. The number of nitrogens with zero attached hydrogens (tertiary/aromatic N) is 2. The predicted octanol–water partition coefficient (Wildman–Crippen LogP) is 1.14. The van der Waals surface area contributed by atoms with Crippen LogP contribution in [-0.4, -0.2) is 18.6 Å². The molecule has 0 rings (SSSR count). The van der Waals surface area contributed by atoms with E-state index in [1.54, 1.807) is 20.0 Å². The Morgan fingerprint density at radius 2 is 2.20 bits per heavy atom. The van der Waals surface area contributed by atoms with Gasteiger partial charge in [0.1, 0.15) is 5.84 Å². The molecule has 0 bridgehead atoms. The van der Waals surface area contributed by atoms with E-state index in [0.717, 1.165) is 5.70 Å². The third-order valence-corrected chi connectivity index (χ3v) is 0.965. The average Bonchev–Trinajstić information content (AvgIpc) is 1.88. The van der Waals surface area contributed by atoms with Crippen LogP contribution in [0, 0.1) is 0 Å². The molecule has 0 unspecified atom stereocenters. The molecule has 0 aromatic rings. The molecular formula is C6H10ClN3. The SMILES string of the molecule is CN=C(N)/C=C(/C)N=CCl. The van der Waals surface area contributed by atoms with Crippen molar-refractivity contribution in [3.8, 4) is 0 Å². The molecule has 0 aliphatic carbocycles. The van der Waals surface area contributed by atoms with Crippen molar-refractivity contribution in [3.63, 3.8) is 0 Å². The van der Waals surface area contributed by atoms with Crippen molar-refractivity contribution >= 4 is 23.1 Å². The molecule has 0 saturated carbocycles. The van der Waals surface area contributed by atoms with Crippen LogP contribution >= 0.6 is 11.6 Å². The lowest BCUT2D eigenvalue weighted by molar-refractivity contribution is 1.31. The number of rotatable bonds is 2. The zero-order valence-electron chi connectivity index (χ0n) is 6.00. The van der Waals surface area contributed by atoms with E-state index in [9.17, 15) is 0 Å². The smallest absolute Gasteiger partial charge is 0.119 e. The van der Waals surface area contributed by atoms with Crippen LogP contribution < -0.4 is 5.73 Å². The molecule has 0 aliphatic rings. The molecule has 4 heteroatoms. The van der Waals surface area contributed by atoms with E-state index in [4.69, 9.17) is 17.3 Å². The zero-order chi connectivity index (χ0) is 7.98. The number of hydrogen-bond donors (Lipinski definition) is 1. The van der Waals surface area contributed by atoms with Crippen molar-refractivity contribution in [3.05, 3.63) is 11.8 Å². The van der Waals surface area contributed by atoms with E-state index in [1.165, 1.54) is 5.67 Å². The molecule has 0 fully saturated rings. The molecule has 3 nitrogen and oxygen atoms in total. The molecule has 0 heterocycles. The van der Waals surface area contributed by atoms with Crippen molar-refractivity contribution in [2.75, 3.05) is 7.05 Å². The zero-order valence-corrected chi connectivity index (χ0v) is 6.76. The Bertz CT molecular complexity index is 181. The van der Waals surface area contributed by atoms with E-state index < -0.39 is 0 Å². The molecule has 0 aliphatic heterocycles. The third kappa shape index (κ3) is 4.09. The van der Waals surface area contributed by atoms with Gasteiger partial charge in [-0.2, -0.15) is 0 Å². The fraction of sp³-hybridized carbons (Fsp3) is 0.333. The minimum atomic E-state index is 0.444. The molecule has 0 aromatic heterocycles. The maximum atomic E-state index is 5.36. The van der Waals surface area contributed by atoms with Gasteiger partial charge in [-0.25, -0.2) is 4.99 Å². The normalized spacial score (nSPS) is 14.7. The van der Waals surface area contributed by atoms with Crippen LogP contribution in [0.25, 0.3) is 0 Å². The summed E-state index contributed by atoms with van der Waals surface area (Å²) in [7, 11) is 1.61. The second-order valence-corrected chi connectivity index (χ2v) is 1.86. The van der Waals surface area contributed by atoms with Gasteiger partial charge in [-0.1, -0.05) is 11.6 Å². The highest BCUT2D eigenvalue weighted by molar-refractivity contribution is 6.56. The number of halogens is 1. The van der Waals surface area contributed by atoms with Crippen molar-refractivity contribution in [1.29, 1.82) is 0 Å². The number of hydrogen-bond acceptors (Lipinski definition) is 2. The molecule has 0 aromatic carbocycles. The lowest BCUT2D eigenvalue weighted by atomic mass is 10.4. The van der Waals surface area contributed by atoms with Gasteiger partial charge in [0.25, 0.3) is 0 Å². The van der Waals surface area contributed by atoms with Gasteiger partial charge in [0.05, 0.1) is 5.67 Å². The number of aliphatic imine (C=N–C) groups is 2. The predicted molar refractivity (Wildman–Crippen MR) is 45.6 cm³/mol. The molecule has 0 saturated heterocycles. The van der Waals surface area contributed by atoms with Crippen LogP contribution in [0.3, 0.4) is 0 Å². The van der Waals surface area contributed by atoms with Gasteiger partial charge >= 0.3 is 0 Å². The van der Waals surface area contributed by atoms with Crippen LogP contribution in [0.1, 0.15) is 6.92 Å². The fourth-order valence-corrected chi connectivity index (χ4v) is 0.547. The molecular weight excluding hydrogens is 150 g/mol. The summed E-state index contributed by atoms with van der Waals surface area (Å²) >= 11 is 5.21. The minimum Gasteiger partial charge on any atom is -0.384 e. The Balaban J connectivity index is 4.16. The summed E-state index contributed by atoms with van der Waals surface area (Å²) in [6, 6.07) is 0. The van der Waals surface area contributed by atoms with Gasteiger partial charge in [0, 0.05) is 18.8 Å². The van der Waals surface area contributed by atoms with Crippen LogP contribution in [0.5, 0.6) is 0 Å². The third-order valence-electron chi connectivity index (χ3n) is 0.867. The summed E-state index contributed by atoms with van der Waals surface area (Å²) in [4.78, 5) is 7.46. The molecule has 2 N–H and O–H groups in total. The van der Waals surface area contributed by atoms with Crippen LogP contribution in [0.15, 0.2) is 21.8 Å². The first-order valence-corrected chi connectivity index (χ1v) is 3.17. The Hall–Kier alpha value is -0.830. The quantitative estimate of drug-likeness (QED) is 0.477. The number of amidine groups is 1. The molecule has 0 atom stereocenters. The highest BCUT2D eigenvalue weighted by atomic mass is 35.5. The van der Waals surface area contributed by atoms with Gasteiger partial charge in [-0.05, 0) is 6.92 Å². The molecule has 10 heavy (non-hydrogen) atoms. The van der Waals surface area contributed by atoms with E-state index >= 15 is 0 Å². The van der Waals surface area contributed by atoms with Gasteiger partial charge < -0.3 is 5.73 Å². The molecule has 0 radical (unpaired) electrons. The topological polar surface area (TPSA) is 50.7 Å². The minimum absolute atomic E-state index is 0.444. The van der Waals surface area contributed by atoms with Crippen LogP contribution in [0.2, 0.25) is 0 Å². The summed E-state index contributed by atoms with van der Waals surface area (Å²) in [5, 5.41) is 0. The van der Waals surface area contributed by atoms with E-state index in [-0.39, 0.29) is 0 Å². The van der Waals surface area contributed by atoms with Crippen molar-refractivity contribution in [2.24, 2.45) is 15.7 Å². The monoisotopic (exact) mass is 159 g/mol. The Labute approximate surface area is 65.3 Å². The van der Waals surface area contributed by atoms with Gasteiger partial charge in [-0.3, -0.25) is 4.99 Å². The van der Waals surface area contributed by atoms with Crippen LogP contribution in [-0.2, 0) is 0 Å². The maximum absolute atomic E-state index is 5.36. The average molecular weight is 160 g/mol. The summed E-state index contributed by atoms with van der Waals surface area (Å²) < 4.78 is 0. The lowest BCUT2D eigenvalue weighted by Gasteiger charge is -1.89. The Kier molecular flexibility index (Phi) is 4.58. The second kappa shape index (κ2) is 4.99. The van der Waals surface area contributed by atoms with E-state index in [0.29, 0.717) is 5.84 Å². The molecule has 0 spiro atoms. The fourth-order valence-electron chi connectivity index (χ4n) is 0.393. The van der Waals surface area contributed by atoms with E-state index in [2.05, 4.69) is 9.98 Å². The van der Waals surface area contributed by atoms with Gasteiger partial charge in [0.15, 0.2) is 0 Å². The van der Waals surface area contributed by atoms with Gasteiger partial charge in [0.2, 0.25) is 0 Å². The number of allylic oxidation sites excluding steroid dienone is 1. The Morgan fingerprint density at radius 3 is 2.60 bits per heavy atom. The highest BCUT2D eigenvalue weighted by Gasteiger charge is 1.84. The van der Waals surface area contributed by atoms with E-state index in [1.807, 2.05) is 0 Å². The summed E-state index contributed by atoms with van der Waals surface area (Å²) in [5.74, 6) is 0.444. The molecule has 0 amide bonds. The second-order valence-electron chi connectivity index (χ2n) is 1.66. The largest absolute Gasteiger partial charge is 0.384 e. The standard InChI is InChI=1S/C6H10ClN3/c1-5(10-4-7)3-6(8)9-2/h3-4H,1-2H3,(H2,8,9)/b5-3-,10-4?. The highest BCUT2D eigenvalue weighted by Crippen LogP contribution is 1.92. The summed E-state index contributed by atoms with van der Waals surface area (Å²) in [6.45, 7) is 1.79. The summed E-state index contributed by atoms with van der Waals surface area (Å²) in [6.07, 6.45) is 1.64. The first-order valence-electron chi connectivity index (χ1n) is 2.74. The first kappa shape index (κ1) is 9.17. The summed E-state index contributed by atoms with van der Waals surface area (Å²) in [5.41, 5.74) is 7.28. The van der Waals surface area contributed by atoms with Crippen molar-refractivity contribution < 1.29 is 0 Å². The lowest BCUT2D eigenvalue weighted by Crippen LogP contribution is -2.07. The van der Waals surface area contributed by atoms with Crippen molar-refractivity contribution in [1.82, 2.24) is 0 Å². The van der Waals surface area contributed by atoms with Crippen molar-refractivity contribution in [2.45, 2.75) is 6.92 Å².